The molecular weight excluding hydrogens is 200 g/mol. The zero-order chi connectivity index (χ0) is 11.4. The van der Waals surface area contributed by atoms with Gasteiger partial charge in [-0.15, -0.1) is 0 Å². The molecule has 94 valence electrons. The van der Waals surface area contributed by atoms with Gasteiger partial charge in [-0.3, -0.25) is 4.90 Å². The summed E-state index contributed by atoms with van der Waals surface area (Å²) >= 11 is 0. The molecule has 0 aromatic heterocycles. The van der Waals surface area contributed by atoms with E-state index in [4.69, 9.17) is 4.74 Å². The SMILES string of the molecule is C[C@@H]1CN(C[C@H]2CCCCCN2)C[C@H](C)O1. The Kier molecular flexibility index (Phi) is 4.62. The first kappa shape index (κ1) is 12.3. The van der Waals surface area contributed by atoms with Crippen molar-refractivity contribution in [3.8, 4) is 0 Å². The predicted molar refractivity (Wildman–Crippen MR) is 66.7 cm³/mol. The molecule has 2 fully saturated rings. The normalized spacial score (nSPS) is 38.2. The summed E-state index contributed by atoms with van der Waals surface area (Å²) in [6.45, 7) is 8.98. The van der Waals surface area contributed by atoms with Crippen molar-refractivity contribution in [1.82, 2.24) is 10.2 Å². The number of rotatable bonds is 2. The van der Waals surface area contributed by atoms with Crippen LogP contribution >= 0.6 is 0 Å². The molecular formula is C13H26N2O. The zero-order valence-electron chi connectivity index (χ0n) is 10.7. The first-order chi connectivity index (χ1) is 7.74. The smallest absolute Gasteiger partial charge is 0.0678 e. The fourth-order valence-corrected chi connectivity index (χ4v) is 3.00. The largest absolute Gasteiger partial charge is 0.373 e. The van der Waals surface area contributed by atoms with Gasteiger partial charge in [0.25, 0.3) is 0 Å². The van der Waals surface area contributed by atoms with E-state index in [-0.39, 0.29) is 0 Å². The molecule has 2 rings (SSSR count). The molecule has 0 radical (unpaired) electrons. The van der Waals surface area contributed by atoms with Crippen molar-refractivity contribution >= 4 is 0 Å². The number of nitrogens with zero attached hydrogens (tertiary/aromatic N) is 1. The molecule has 3 atom stereocenters. The Bertz CT molecular complexity index is 192. The highest BCUT2D eigenvalue weighted by Crippen LogP contribution is 2.14. The topological polar surface area (TPSA) is 24.5 Å². The molecule has 16 heavy (non-hydrogen) atoms. The number of morpholine rings is 1. The summed E-state index contributed by atoms with van der Waals surface area (Å²) in [5, 5.41) is 3.68. The molecule has 1 N–H and O–H groups in total. The Morgan fingerprint density at radius 2 is 1.88 bits per heavy atom. The fourth-order valence-electron chi connectivity index (χ4n) is 3.00. The van der Waals surface area contributed by atoms with E-state index >= 15 is 0 Å². The van der Waals surface area contributed by atoms with E-state index in [1.807, 2.05) is 0 Å². The lowest BCUT2D eigenvalue weighted by molar-refractivity contribution is -0.0699. The van der Waals surface area contributed by atoms with Gasteiger partial charge in [0.2, 0.25) is 0 Å². The van der Waals surface area contributed by atoms with E-state index < -0.39 is 0 Å². The Hall–Kier alpha value is -0.120. The molecule has 0 aromatic carbocycles. The Morgan fingerprint density at radius 3 is 2.62 bits per heavy atom. The van der Waals surface area contributed by atoms with Crippen LogP contribution in [0.2, 0.25) is 0 Å². The van der Waals surface area contributed by atoms with E-state index in [1.54, 1.807) is 0 Å². The third-order valence-corrected chi connectivity index (χ3v) is 3.64. The lowest BCUT2D eigenvalue weighted by Crippen LogP contribution is -2.50. The van der Waals surface area contributed by atoms with Crippen molar-refractivity contribution in [3.05, 3.63) is 0 Å². The number of hydrogen-bond acceptors (Lipinski definition) is 3. The second-order valence-corrected chi connectivity index (χ2v) is 5.48. The third-order valence-electron chi connectivity index (χ3n) is 3.64. The zero-order valence-corrected chi connectivity index (χ0v) is 10.7. The number of hydrogen-bond donors (Lipinski definition) is 1. The Morgan fingerprint density at radius 1 is 1.12 bits per heavy atom. The van der Waals surface area contributed by atoms with Gasteiger partial charge in [0.1, 0.15) is 0 Å². The van der Waals surface area contributed by atoms with Crippen LogP contribution in [0.4, 0.5) is 0 Å². The van der Waals surface area contributed by atoms with E-state index in [2.05, 4.69) is 24.1 Å². The number of nitrogens with one attached hydrogen (secondary N) is 1. The Balaban J connectivity index is 1.78. The van der Waals surface area contributed by atoms with Gasteiger partial charge in [0.05, 0.1) is 12.2 Å². The van der Waals surface area contributed by atoms with Crippen molar-refractivity contribution in [2.75, 3.05) is 26.2 Å². The summed E-state index contributed by atoms with van der Waals surface area (Å²) < 4.78 is 5.77. The van der Waals surface area contributed by atoms with Crippen molar-refractivity contribution in [2.24, 2.45) is 0 Å². The summed E-state index contributed by atoms with van der Waals surface area (Å²) in [4.78, 5) is 2.57. The van der Waals surface area contributed by atoms with Gasteiger partial charge in [-0.1, -0.05) is 12.8 Å². The summed E-state index contributed by atoms with van der Waals surface area (Å²) in [7, 11) is 0. The maximum atomic E-state index is 5.77. The van der Waals surface area contributed by atoms with E-state index in [1.165, 1.54) is 38.8 Å². The summed E-state index contributed by atoms with van der Waals surface area (Å²) in [5.74, 6) is 0. The van der Waals surface area contributed by atoms with Crippen LogP contribution in [-0.2, 0) is 4.74 Å². The van der Waals surface area contributed by atoms with Gasteiger partial charge in [-0.25, -0.2) is 0 Å². The molecule has 0 amide bonds. The van der Waals surface area contributed by atoms with Crippen LogP contribution in [0.15, 0.2) is 0 Å². The lowest BCUT2D eigenvalue weighted by atomic mass is 10.1. The van der Waals surface area contributed by atoms with Crippen molar-refractivity contribution < 1.29 is 4.74 Å². The standard InChI is InChI=1S/C13H26N2O/c1-11-8-15(9-12(2)16-11)10-13-6-4-3-5-7-14-13/h11-14H,3-10H2,1-2H3/t11-,12+,13-/m1/s1. The molecule has 0 bridgehead atoms. The third kappa shape index (κ3) is 3.72. The predicted octanol–water partition coefficient (Wildman–Crippen LogP) is 1.63. The molecule has 2 aliphatic heterocycles. The molecule has 3 nitrogen and oxygen atoms in total. The minimum Gasteiger partial charge on any atom is -0.373 e. The maximum Gasteiger partial charge on any atom is 0.0678 e. The minimum absolute atomic E-state index is 0.398. The highest BCUT2D eigenvalue weighted by Gasteiger charge is 2.24. The molecule has 0 aromatic rings. The second-order valence-electron chi connectivity index (χ2n) is 5.48. The van der Waals surface area contributed by atoms with Gasteiger partial charge in [0.15, 0.2) is 0 Å². The first-order valence-corrected chi connectivity index (χ1v) is 6.85. The van der Waals surface area contributed by atoms with Gasteiger partial charge in [-0.05, 0) is 33.2 Å². The monoisotopic (exact) mass is 226 g/mol. The van der Waals surface area contributed by atoms with Crippen LogP contribution < -0.4 is 5.32 Å². The summed E-state index contributed by atoms with van der Waals surface area (Å²) in [6, 6.07) is 0.708. The van der Waals surface area contributed by atoms with Crippen LogP contribution in [-0.4, -0.2) is 49.3 Å². The quantitative estimate of drug-likeness (QED) is 0.774. The van der Waals surface area contributed by atoms with E-state index in [0.29, 0.717) is 18.2 Å². The first-order valence-electron chi connectivity index (χ1n) is 6.85. The highest BCUT2D eigenvalue weighted by molar-refractivity contribution is 4.79. The van der Waals surface area contributed by atoms with Gasteiger partial charge < -0.3 is 10.1 Å². The average Bonchev–Trinajstić information content (AvgIpc) is 2.44. The van der Waals surface area contributed by atoms with Crippen LogP contribution in [0.5, 0.6) is 0 Å². The summed E-state index contributed by atoms with van der Waals surface area (Å²) in [6.07, 6.45) is 6.29. The average molecular weight is 226 g/mol. The molecule has 2 aliphatic rings. The van der Waals surface area contributed by atoms with Crippen LogP contribution in [0.3, 0.4) is 0 Å². The summed E-state index contributed by atoms with van der Waals surface area (Å²) in [5.41, 5.74) is 0. The minimum atomic E-state index is 0.398. The van der Waals surface area contributed by atoms with Crippen LogP contribution in [0, 0.1) is 0 Å². The molecule has 0 aliphatic carbocycles. The maximum absolute atomic E-state index is 5.77. The second kappa shape index (κ2) is 5.99. The van der Waals surface area contributed by atoms with Gasteiger partial charge >= 0.3 is 0 Å². The van der Waals surface area contributed by atoms with E-state index in [0.717, 1.165) is 13.1 Å². The van der Waals surface area contributed by atoms with Crippen molar-refractivity contribution in [2.45, 2.75) is 57.8 Å². The highest BCUT2D eigenvalue weighted by atomic mass is 16.5. The van der Waals surface area contributed by atoms with Crippen molar-refractivity contribution in [3.63, 3.8) is 0 Å². The van der Waals surface area contributed by atoms with Crippen LogP contribution in [0.25, 0.3) is 0 Å². The van der Waals surface area contributed by atoms with Crippen LogP contribution in [0.1, 0.15) is 39.5 Å². The lowest BCUT2D eigenvalue weighted by Gasteiger charge is -2.37. The molecule has 2 heterocycles. The molecule has 0 spiro atoms. The van der Waals surface area contributed by atoms with Crippen molar-refractivity contribution in [1.29, 1.82) is 0 Å². The Labute approximate surface area is 99.5 Å². The van der Waals surface area contributed by atoms with E-state index in [9.17, 15) is 0 Å². The fraction of sp³-hybridized carbons (Fsp3) is 1.00. The van der Waals surface area contributed by atoms with Gasteiger partial charge in [-0.2, -0.15) is 0 Å². The molecule has 2 saturated heterocycles. The molecule has 3 heteroatoms. The van der Waals surface area contributed by atoms with Gasteiger partial charge in [0, 0.05) is 25.7 Å². The molecule has 0 unspecified atom stereocenters. The number of ether oxygens (including phenoxy) is 1. The molecule has 0 saturated carbocycles.